The van der Waals surface area contributed by atoms with Crippen LogP contribution >= 0.6 is 11.3 Å². The van der Waals surface area contributed by atoms with E-state index in [4.69, 9.17) is 5.73 Å². The molecule has 0 radical (unpaired) electrons. The first-order valence-electron chi connectivity index (χ1n) is 6.23. The number of primary amides is 1. The van der Waals surface area contributed by atoms with Gasteiger partial charge in [0.2, 0.25) is 0 Å². The van der Waals surface area contributed by atoms with Crippen molar-refractivity contribution in [2.75, 3.05) is 31.1 Å². The maximum absolute atomic E-state index is 11.2. The summed E-state index contributed by atoms with van der Waals surface area (Å²) in [6, 6.07) is 1.71. The third kappa shape index (κ3) is 2.33. The van der Waals surface area contributed by atoms with Crippen LogP contribution in [0, 0.1) is 0 Å². The molecule has 2 aromatic rings. The summed E-state index contributed by atoms with van der Waals surface area (Å²) in [5, 5.41) is 3.11. The molecule has 0 bridgehead atoms. The fourth-order valence-corrected chi connectivity index (χ4v) is 3.11. The Labute approximate surface area is 114 Å². The van der Waals surface area contributed by atoms with Gasteiger partial charge in [-0.3, -0.25) is 0 Å². The van der Waals surface area contributed by atoms with Crippen molar-refractivity contribution in [2.24, 2.45) is 5.73 Å². The van der Waals surface area contributed by atoms with E-state index in [0.29, 0.717) is 13.1 Å². The van der Waals surface area contributed by atoms with Crippen molar-refractivity contribution in [1.29, 1.82) is 0 Å². The predicted molar refractivity (Wildman–Crippen MR) is 75.4 cm³/mol. The molecule has 0 unspecified atom stereocenters. The number of nitrogens with zero attached hydrogens (tertiary/aromatic N) is 4. The van der Waals surface area contributed by atoms with Gasteiger partial charge in [-0.05, 0) is 17.9 Å². The molecule has 0 atom stereocenters. The molecule has 0 aromatic carbocycles. The van der Waals surface area contributed by atoms with Crippen LogP contribution in [0.25, 0.3) is 10.2 Å². The first-order chi connectivity index (χ1) is 9.25. The number of nitrogens with two attached hydrogens (primary N) is 1. The van der Waals surface area contributed by atoms with Gasteiger partial charge in [-0.25, -0.2) is 14.8 Å². The molecule has 2 amide bonds. The van der Waals surface area contributed by atoms with Gasteiger partial charge in [-0.15, -0.1) is 11.3 Å². The number of aromatic nitrogens is 2. The second kappa shape index (κ2) is 5.00. The highest BCUT2D eigenvalue weighted by Crippen LogP contribution is 2.27. The van der Waals surface area contributed by atoms with Crippen LogP contribution in [-0.4, -0.2) is 47.1 Å². The van der Waals surface area contributed by atoms with Gasteiger partial charge in [0, 0.05) is 26.2 Å². The summed E-state index contributed by atoms with van der Waals surface area (Å²) in [7, 11) is 0. The lowest BCUT2D eigenvalue weighted by Gasteiger charge is -2.22. The Kier molecular flexibility index (Phi) is 3.20. The first-order valence-corrected chi connectivity index (χ1v) is 7.11. The first kappa shape index (κ1) is 12.2. The highest BCUT2D eigenvalue weighted by molar-refractivity contribution is 7.16. The van der Waals surface area contributed by atoms with Gasteiger partial charge in [0.15, 0.2) is 0 Å². The van der Waals surface area contributed by atoms with E-state index in [2.05, 4.69) is 14.9 Å². The van der Waals surface area contributed by atoms with Crippen molar-refractivity contribution in [3.8, 4) is 0 Å². The molecule has 0 saturated carbocycles. The van der Waals surface area contributed by atoms with Gasteiger partial charge < -0.3 is 15.5 Å². The molecule has 19 heavy (non-hydrogen) atoms. The standard InChI is InChI=1S/C12H15N5OS/c13-12(18)17-4-1-3-16(5-6-17)10-9-2-7-19-11(9)15-8-14-10/h2,7-8H,1,3-6H2,(H2,13,18). The zero-order chi connectivity index (χ0) is 13.2. The number of hydrogen-bond donors (Lipinski definition) is 1. The number of urea groups is 1. The van der Waals surface area contributed by atoms with Gasteiger partial charge in [0.25, 0.3) is 0 Å². The Balaban J connectivity index is 1.86. The minimum absolute atomic E-state index is 0.342. The van der Waals surface area contributed by atoms with E-state index in [-0.39, 0.29) is 6.03 Å². The normalized spacial score (nSPS) is 16.6. The molecule has 0 spiro atoms. The number of rotatable bonds is 1. The fraction of sp³-hybridized carbons (Fsp3) is 0.417. The largest absolute Gasteiger partial charge is 0.354 e. The maximum Gasteiger partial charge on any atom is 0.314 e. The van der Waals surface area contributed by atoms with Crippen LogP contribution in [0.2, 0.25) is 0 Å². The van der Waals surface area contributed by atoms with E-state index in [1.165, 1.54) is 0 Å². The molecule has 3 heterocycles. The molecule has 0 aliphatic carbocycles. The number of amides is 2. The van der Waals surface area contributed by atoms with E-state index in [1.807, 2.05) is 11.4 Å². The maximum atomic E-state index is 11.2. The molecule has 2 N–H and O–H groups in total. The highest BCUT2D eigenvalue weighted by Gasteiger charge is 2.19. The number of carbonyl (C=O) groups is 1. The Morgan fingerprint density at radius 1 is 1.26 bits per heavy atom. The topological polar surface area (TPSA) is 75.4 Å². The molecule has 3 rings (SSSR count). The average Bonchev–Trinajstić information content (AvgIpc) is 2.74. The van der Waals surface area contributed by atoms with E-state index >= 15 is 0 Å². The molecule has 7 heteroatoms. The molecular weight excluding hydrogens is 262 g/mol. The second-order valence-corrected chi connectivity index (χ2v) is 5.40. The number of fused-ring (bicyclic) bond motifs is 1. The molecule has 6 nitrogen and oxygen atoms in total. The molecule has 100 valence electrons. The van der Waals surface area contributed by atoms with Gasteiger partial charge >= 0.3 is 6.03 Å². The molecule has 1 fully saturated rings. The van der Waals surface area contributed by atoms with Crippen LogP contribution in [0.4, 0.5) is 10.6 Å². The molecule has 2 aromatic heterocycles. The summed E-state index contributed by atoms with van der Waals surface area (Å²) < 4.78 is 0. The number of hydrogen-bond acceptors (Lipinski definition) is 5. The smallest absolute Gasteiger partial charge is 0.314 e. The lowest BCUT2D eigenvalue weighted by atomic mass is 10.3. The van der Waals surface area contributed by atoms with Crippen molar-refractivity contribution in [2.45, 2.75) is 6.42 Å². The van der Waals surface area contributed by atoms with Crippen LogP contribution < -0.4 is 10.6 Å². The minimum atomic E-state index is -0.342. The van der Waals surface area contributed by atoms with Gasteiger partial charge in [0.1, 0.15) is 17.0 Å². The van der Waals surface area contributed by atoms with Crippen molar-refractivity contribution in [1.82, 2.24) is 14.9 Å². The predicted octanol–water partition coefficient (Wildman–Crippen LogP) is 1.28. The SMILES string of the molecule is NC(=O)N1CCCN(c2ncnc3sccc23)CC1. The van der Waals surface area contributed by atoms with E-state index < -0.39 is 0 Å². The van der Waals surface area contributed by atoms with Crippen molar-refractivity contribution >= 4 is 33.4 Å². The van der Waals surface area contributed by atoms with E-state index in [1.54, 1.807) is 22.6 Å². The van der Waals surface area contributed by atoms with Crippen LogP contribution in [0.5, 0.6) is 0 Å². The van der Waals surface area contributed by atoms with Crippen molar-refractivity contribution < 1.29 is 4.79 Å². The zero-order valence-corrected chi connectivity index (χ0v) is 11.3. The number of thiophene rings is 1. The lowest BCUT2D eigenvalue weighted by molar-refractivity contribution is 0.211. The number of carbonyl (C=O) groups excluding carboxylic acids is 1. The summed E-state index contributed by atoms with van der Waals surface area (Å²) in [5.74, 6) is 0.956. The van der Waals surface area contributed by atoms with Crippen molar-refractivity contribution in [3.63, 3.8) is 0 Å². The van der Waals surface area contributed by atoms with Crippen LogP contribution in [0.15, 0.2) is 17.8 Å². The third-order valence-corrected chi connectivity index (χ3v) is 4.17. The fourth-order valence-electron chi connectivity index (χ4n) is 2.38. The highest BCUT2D eigenvalue weighted by atomic mass is 32.1. The van der Waals surface area contributed by atoms with Crippen LogP contribution in [0.1, 0.15) is 6.42 Å². The monoisotopic (exact) mass is 277 g/mol. The van der Waals surface area contributed by atoms with Crippen LogP contribution in [0.3, 0.4) is 0 Å². The van der Waals surface area contributed by atoms with E-state index in [0.717, 1.165) is 35.5 Å². The summed E-state index contributed by atoms with van der Waals surface area (Å²) in [4.78, 5) is 24.8. The molecule has 1 aliphatic rings. The zero-order valence-electron chi connectivity index (χ0n) is 10.5. The Morgan fingerprint density at radius 2 is 2.16 bits per heavy atom. The van der Waals surface area contributed by atoms with Crippen LogP contribution in [-0.2, 0) is 0 Å². The summed E-state index contributed by atoms with van der Waals surface area (Å²) in [5.41, 5.74) is 5.34. The van der Waals surface area contributed by atoms with Gasteiger partial charge in [-0.1, -0.05) is 0 Å². The van der Waals surface area contributed by atoms with E-state index in [9.17, 15) is 4.79 Å². The lowest BCUT2D eigenvalue weighted by Crippen LogP contribution is -2.38. The molecule has 1 saturated heterocycles. The Hall–Kier alpha value is -1.89. The Morgan fingerprint density at radius 3 is 3.00 bits per heavy atom. The Bertz CT molecular complexity index is 599. The molecule has 1 aliphatic heterocycles. The second-order valence-electron chi connectivity index (χ2n) is 4.50. The van der Waals surface area contributed by atoms with Gasteiger partial charge in [-0.2, -0.15) is 0 Å². The number of anilines is 1. The molecular formula is C12H15N5OS. The quantitative estimate of drug-likeness (QED) is 0.852. The third-order valence-electron chi connectivity index (χ3n) is 3.35. The average molecular weight is 277 g/mol. The summed E-state index contributed by atoms with van der Waals surface area (Å²) in [6.07, 6.45) is 2.50. The van der Waals surface area contributed by atoms with Gasteiger partial charge in [0.05, 0.1) is 5.39 Å². The summed E-state index contributed by atoms with van der Waals surface area (Å²) >= 11 is 1.61. The summed E-state index contributed by atoms with van der Waals surface area (Å²) in [6.45, 7) is 2.99. The van der Waals surface area contributed by atoms with Crippen molar-refractivity contribution in [3.05, 3.63) is 17.8 Å². The minimum Gasteiger partial charge on any atom is -0.354 e.